The van der Waals surface area contributed by atoms with Crippen LogP contribution in [0, 0.1) is 11.8 Å². The molecule has 0 saturated heterocycles. The van der Waals surface area contributed by atoms with Crippen molar-refractivity contribution in [2.45, 2.75) is 115 Å². The van der Waals surface area contributed by atoms with Crippen molar-refractivity contribution < 1.29 is 0 Å². The fraction of sp³-hybridized carbons (Fsp3) is 1.00. The van der Waals surface area contributed by atoms with Crippen molar-refractivity contribution in [2.75, 3.05) is 0 Å². The number of rotatable bonds is 1. The van der Waals surface area contributed by atoms with Gasteiger partial charge in [-0.05, 0) is 37.5 Å². The molecule has 2 aliphatic rings. The van der Waals surface area contributed by atoms with Crippen molar-refractivity contribution in [3.05, 3.63) is 0 Å². The molecule has 2 rings (SSSR count). The molecule has 2 saturated carbocycles. The monoisotopic (exact) mass is 308 g/mol. The first kappa shape index (κ1) is 18.3. The van der Waals surface area contributed by atoms with Gasteiger partial charge in [0.15, 0.2) is 0 Å². The molecule has 2 unspecified atom stereocenters. The lowest BCUT2D eigenvalue weighted by atomic mass is 9.75. The lowest BCUT2D eigenvalue weighted by Gasteiger charge is -2.32. The molecule has 22 heavy (non-hydrogen) atoms. The average molecular weight is 309 g/mol. The maximum Gasteiger partial charge on any atom is 0.00415 e. The smallest absolute Gasteiger partial charge is 0.00415 e. The van der Waals surface area contributed by atoms with Crippen LogP contribution in [0.3, 0.4) is 0 Å². The van der Waals surface area contributed by atoms with Crippen molar-refractivity contribution in [1.82, 2.24) is 0 Å². The van der Waals surface area contributed by atoms with Gasteiger partial charge in [-0.15, -0.1) is 0 Å². The summed E-state index contributed by atoms with van der Waals surface area (Å²) in [6.07, 6.45) is 21.9. The van der Waals surface area contributed by atoms with Crippen LogP contribution in [0.1, 0.15) is 103 Å². The molecule has 0 radical (unpaired) electrons. The largest absolute Gasteiger partial charge is 0.328 e. The fourth-order valence-electron chi connectivity index (χ4n) is 4.78. The summed E-state index contributed by atoms with van der Waals surface area (Å²) in [5, 5.41) is 0. The Bertz CT molecular complexity index is 265. The van der Waals surface area contributed by atoms with Gasteiger partial charge >= 0.3 is 0 Å². The van der Waals surface area contributed by atoms with Crippen LogP contribution in [0.4, 0.5) is 0 Å². The molecule has 0 aromatic rings. The Hall–Kier alpha value is -0.0800. The van der Waals surface area contributed by atoms with Gasteiger partial charge in [-0.2, -0.15) is 0 Å². The highest BCUT2D eigenvalue weighted by molar-refractivity contribution is 4.78. The van der Waals surface area contributed by atoms with Crippen LogP contribution in [0.15, 0.2) is 0 Å². The molecule has 2 aliphatic carbocycles. The fourth-order valence-corrected chi connectivity index (χ4v) is 4.78. The van der Waals surface area contributed by atoms with E-state index in [1.807, 2.05) is 0 Å². The predicted octanol–water partition coefficient (Wildman–Crippen LogP) is 5.14. The van der Waals surface area contributed by atoms with Crippen molar-refractivity contribution in [2.24, 2.45) is 23.3 Å². The van der Waals surface area contributed by atoms with Crippen LogP contribution >= 0.6 is 0 Å². The molecular weight excluding hydrogens is 268 g/mol. The van der Waals surface area contributed by atoms with Gasteiger partial charge in [-0.1, -0.05) is 77.0 Å². The van der Waals surface area contributed by atoms with Gasteiger partial charge in [0.05, 0.1) is 0 Å². The Balaban J connectivity index is 1.85. The first-order valence-electron chi connectivity index (χ1n) is 10.3. The normalized spacial score (nSPS) is 37.4. The van der Waals surface area contributed by atoms with E-state index in [1.165, 1.54) is 103 Å². The molecule has 0 aliphatic heterocycles. The Morgan fingerprint density at radius 2 is 0.818 bits per heavy atom. The zero-order valence-electron chi connectivity index (χ0n) is 14.8. The van der Waals surface area contributed by atoms with E-state index in [4.69, 9.17) is 11.5 Å². The zero-order valence-corrected chi connectivity index (χ0v) is 14.8. The summed E-state index contributed by atoms with van der Waals surface area (Å²) >= 11 is 0. The van der Waals surface area contributed by atoms with E-state index < -0.39 is 0 Å². The maximum absolute atomic E-state index is 6.37. The molecule has 0 aromatic heterocycles. The quantitative estimate of drug-likeness (QED) is 0.704. The summed E-state index contributed by atoms with van der Waals surface area (Å²) in [6.45, 7) is 0. The van der Waals surface area contributed by atoms with Crippen LogP contribution in [-0.2, 0) is 0 Å². The summed E-state index contributed by atoms with van der Waals surface area (Å²) in [7, 11) is 0. The first-order valence-corrected chi connectivity index (χ1v) is 10.3. The molecule has 0 heterocycles. The van der Waals surface area contributed by atoms with Crippen LogP contribution in [0.2, 0.25) is 0 Å². The lowest BCUT2D eigenvalue weighted by Crippen LogP contribution is -2.29. The minimum atomic E-state index is 0.471. The summed E-state index contributed by atoms with van der Waals surface area (Å²) in [6, 6.07) is 0.948. The lowest BCUT2D eigenvalue weighted by molar-refractivity contribution is 0.215. The highest BCUT2D eigenvalue weighted by Crippen LogP contribution is 2.34. The minimum absolute atomic E-state index is 0.471. The van der Waals surface area contributed by atoms with E-state index in [2.05, 4.69) is 0 Å². The highest BCUT2D eigenvalue weighted by Gasteiger charge is 2.24. The summed E-state index contributed by atoms with van der Waals surface area (Å²) in [5.74, 6) is 1.87. The Morgan fingerprint density at radius 1 is 0.409 bits per heavy atom. The molecule has 2 atom stereocenters. The zero-order chi connectivity index (χ0) is 15.6. The number of hydrogen-bond acceptors (Lipinski definition) is 2. The van der Waals surface area contributed by atoms with Gasteiger partial charge in [-0.3, -0.25) is 0 Å². The van der Waals surface area contributed by atoms with Gasteiger partial charge in [0.1, 0.15) is 0 Å². The third-order valence-corrected chi connectivity index (χ3v) is 6.22. The minimum Gasteiger partial charge on any atom is -0.328 e. The van der Waals surface area contributed by atoms with Gasteiger partial charge in [0, 0.05) is 12.1 Å². The second-order valence-corrected chi connectivity index (χ2v) is 8.19. The van der Waals surface area contributed by atoms with Gasteiger partial charge in [0.2, 0.25) is 0 Å². The molecule has 4 N–H and O–H groups in total. The number of nitrogens with two attached hydrogens (primary N) is 2. The van der Waals surface area contributed by atoms with Crippen molar-refractivity contribution >= 4 is 0 Å². The molecule has 2 nitrogen and oxygen atoms in total. The molecule has 130 valence electrons. The van der Waals surface area contributed by atoms with Crippen LogP contribution < -0.4 is 11.5 Å². The molecule has 0 spiro atoms. The molecule has 0 amide bonds. The summed E-state index contributed by atoms with van der Waals surface area (Å²) < 4.78 is 0. The SMILES string of the molecule is NC1CCCCCC(C2CCCCCC(N)C2)CCCCC1. The second-order valence-electron chi connectivity index (χ2n) is 8.19. The first-order chi connectivity index (χ1) is 10.8. The molecular formula is C20H40N2. The van der Waals surface area contributed by atoms with E-state index in [-0.39, 0.29) is 0 Å². The molecule has 0 aromatic carbocycles. The van der Waals surface area contributed by atoms with Crippen molar-refractivity contribution in [3.8, 4) is 0 Å². The predicted molar refractivity (Wildman–Crippen MR) is 96.8 cm³/mol. The van der Waals surface area contributed by atoms with Gasteiger partial charge in [0.25, 0.3) is 0 Å². The van der Waals surface area contributed by atoms with Crippen LogP contribution in [0.25, 0.3) is 0 Å². The molecule has 2 fully saturated rings. The van der Waals surface area contributed by atoms with Gasteiger partial charge in [-0.25, -0.2) is 0 Å². The topological polar surface area (TPSA) is 52.0 Å². The van der Waals surface area contributed by atoms with Crippen LogP contribution in [0.5, 0.6) is 0 Å². The Labute approximate surface area is 138 Å². The van der Waals surface area contributed by atoms with E-state index >= 15 is 0 Å². The molecule has 2 heteroatoms. The molecule has 0 bridgehead atoms. The van der Waals surface area contributed by atoms with Crippen LogP contribution in [-0.4, -0.2) is 12.1 Å². The van der Waals surface area contributed by atoms with Gasteiger partial charge < -0.3 is 11.5 Å². The van der Waals surface area contributed by atoms with E-state index in [1.54, 1.807) is 0 Å². The number of hydrogen-bond donors (Lipinski definition) is 2. The highest BCUT2D eigenvalue weighted by atomic mass is 14.6. The van der Waals surface area contributed by atoms with E-state index in [9.17, 15) is 0 Å². The van der Waals surface area contributed by atoms with E-state index in [0.29, 0.717) is 12.1 Å². The average Bonchev–Trinajstić information content (AvgIpc) is 2.46. The third kappa shape index (κ3) is 7.00. The maximum atomic E-state index is 6.37. The standard InChI is InChI=1S/C20H40N2/c21-19-13-7-1-4-10-17(11-5-2-8-14-19)18-12-6-3-9-15-20(22)16-18/h17-20H,1-16,21-22H2. The Morgan fingerprint density at radius 3 is 1.36 bits per heavy atom. The van der Waals surface area contributed by atoms with Crippen molar-refractivity contribution in [3.63, 3.8) is 0 Å². The summed E-state index contributed by atoms with van der Waals surface area (Å²) in [4.78, 5) is 0. The summed E-state index contributed by atoms with van der Waals surface area (Å²) in [5.41, 5.74) is 12.6. The van der Waals surface area contributed by atoms with Crippen molar-refractivity contribution in [1.29, 1.82) is 0 Å². The second kappa shape index (κ2) is 10.6. The third-order valence-electron chi connectivity index (χ3n) is 6.22. The Kier molecular flexibility index (Phi) is 8.84. The van der Waals surface area contributed by atoms with E-state index in [0.717, 1.165) is 11.8 Å².